The molecule has 1 aromatic carbocycles. The van der Waals surface area contributed by atoms with Crippen LogP contribution in [0.15, 0.2) is 30.3 Å². The third-order valence-electron chi connectivity index (χ3n) is 4.16. The summed E-state index contributed by atoms with van der Waals surface area (Å²) in [6.45, 7) is 5.13. The molecule has 0 amide bonds. The quantitative estimate of drug-likeness (QED) is 0.883. The first kappa shape index (κ1) is 11.9. The number of nitrogens with two attached hydrogens (primary N) is 1. The molecule has 18 heavy (non-hydrogen) atoms. The van der Waals surface area contributed by atoms with Gasteiger partial charge in [0.2, 0.25) is 0 Å². The highest BCUT2D eigenvalue weighted by Crippen LogP contribution is 2.50. The van der Waals surface area contributed by atoms with Gasteiger partial charge in [-0.25, -0.2) is 0 Å². The molecule has 3 rings (SSSR count). The summed E-state index contributed by atoms with van der Waals surface area (Å²) < 4.78 is 0. The summed E-state index contributed by atoms with van der Waals surface area (Å²) in [5, 5.41) is 0. The molecule has 2 heteroatoms. The van der Waals surface area contributed by atoms with Crippen LogP contribution in [-0.4, -0.2) is 6.54 Å². The second kappa shape index (κ2) is 4.22. The molecule has 1 fully saturated rings. The maximum absolute atomic E-state index is 5.90. The first-order valence-corrected chi connectivity index (χ1v) is 7.34. The normalized spacial score (nSPS) is 16.8. The molecule has 2 N–H and O–H groups in total. The molecule has 1 heterocycles. The van der Waals surface area contributed by atoms with Gasteiger partial charge in [0.1, 0.15) is 0 Å². The highest BCUT2D eigenvalue weighted by Gasteiger charge is 2.43. The lowest BCUT2D eigenvalue weighted by atomic mass is 10.0. The van der Waals surface area contributed by atoms with Gasteiger partial charge in [-0.15, -0.1) is 11.3 Å². The van der Waals surface area contributed by atoms with Gasteiger partial charge in [0, 0.05) is 21.7 Å². The maximum Gasteiger partial charge on any atom is 0.0345 e. The molecule has 0 spiro atoms. The molecular formula is C16H19NS. The van der Waals surface area contributed by atoms with Crippen LogP contribution < -0.4 is 5.73 Å². The molecule has 1 saturated carbocycles. The Bertz CT molecular complexity index is 579. The van der Waals surface area contributed by atoms with E-state index >= 15 is 0 Å². The Balaban J connectivity index is 1.95. The van der Waals surface area contributed by atoms with Crippen molar-refractivity contribution in [2.45, 2.75) is 32.1 Å². The Morgan fingerprint density at radius 3 is 2.50 bits per heavy atom. The Morgan fingerprint density at radius 1 is 1.11 bits per heavy atom. The SMILES string of the molecule is Cc1ccc(-c2ccc(C3(CN)CC3)s2)cc1C. The molecule has 0 atom stereocenters. The number of rotatable bonds is 3. The van der Waals surface area contributed by atoms with Gasteiger partial charge in [0.25, 0.3) is 0 Å². The lowest BCUT2D eigenvalue weighted by molar-refractivity contribution is 0.720. The molecule has 0 saturated heterocycles. The largest absolute Gasteiger partial charge is 0.330 e. The first-order valence-electron chi connectivity index (χ1n) is 6.53. The van der Waals surface area contributed by atoms with Gasteiger partial charge in [-0.05, 0) is 55.5 Å². The van der Waals surface area contributed by atoms with Crippen LogP contribution in [0.1, 0.15) is 28.8 Å². The van der Waals surface area contributed by atoms with Crippen molar-refractivity contribution in [3.63, 3.8) is 0 Å². The zero-order chi connectivity index (χ0) is 12.8. The minimum Gasteiger partial charge on any atom is -0.330 e. The monoisotopic (exact) mass is 257 g/mol. The van der Waals surface area contributed by atoms with Gasteiger partial charge in [-0.2, -0.15) is 0 Å². The van der Waals surface area contributed by atoms with Crippen molar-refractivity contribution in [3.05, 3.63) is 46.3 Å². The van der Waals surface area contributed by atoms with Crippen LogP contribution in [0.3, 0.4) is 0 Å². The van der Waals surface area contributed by atoms with Crippen LogP contribution in [0.2, 0.25) is 0 Å². The molecule has 1 nitrogen and oxygen atoms in total. The molecule has 1 aliphatic rings. The smallest absolute Gasteiger partial charge is 0.0345 e. The van der Waals surface area contributed by atoms with Crippen molar-refractivity contribution in [1.29, 1.82) is 0 Å². The highest BCUT2D eigenvalue weighted by atomic mass is 32.1. The third kappa shape index (κ3) is 1.90. The van der Waals surface area contributed by atoms with Crippen molar-refractivity contribution in [2.24, 2.45) is 5.73 Å². The van der Waals surface area contributed by atoms with Crippen LogP contribution in [0, 0.1) is 13.8 Å². The average Bonchev–Trinajstić information content (AvgIpc) is 3.02. The third-order valence-corrected chi connectivity index (χ3v) is 5.55. The van der Waals surface area contributed by atoms with E-state index in [9.17, 15) is 0 Å². The van der Waals surface area contributed by atoms with Crippen LogP contribution in [0.5, 0.6) is 0 Å². The van der Waals surface area contributed by atoms with Crippen molar-refractivity contribution in [3.8, 4) is 10.4 Å². The second-order valence-corrected chi connectivity index (χ2v) is 6.53. The molecule has 1 aromatic heterocycles. The number of aryl methyl sites for hydroxylation is 2. The zero-order valence-electron chi connectivity index (χ0n) is 11.0. The summed E-state index contributed by atoms with van der Waals surface area (Å²) in [5.41, 5.74) is 10.3. The number of thiophene rings is 1. The number of hydrogen-bond donors (Lipinski definition) is 1. The van der Waals surface area contributed by atoms with E-state index < -0.39 is 0 Å². The molecule has 94 valence electrons. The van der Waals surface area contributed by atoms with Gasteiger partial charge in [-0.1, -0.05) is 18.2 Å². The molecule has 1 aliphatic carbocycles. The van der Waals surface area contributed by atoms with Crippen LogP contribution in [0.4, 0.5) is 0 Å². The number of hydrogen-bond acceptors (Lipinski definition) is 2. The van der Waals surface area contributed by atoms with Crippen molar-refractivity contribution in [2.75, 3.05) is 6.54 Å². The van der Waals surface area contributed by atoms with E-state index in [1.807, 2.05) is 11.3 Å². The standard InChI is InChI=1S/C16H19NS/c1-11-3-4-13(9-12(11)2)14-5-6-15(18-14)16(10-17)7-8-16/h3-6,9H,7-8,10,17H2,1-2H3. The van der Waals surface area contributed by atoms with E-state index in [1.54, 1.807) is 0 Å². The molecule has 0 bridgehead atoms. The Kier molecular flexibility index (Phi) is 2.80. The lowest BCUT2D eigenvalue weighted by Gasteiger charge is -2.08. The van der Waals surface area contributed by atoms with E-state index in [1.165, 1.54) is 39.3 Å². The minimum atomic E-state index is 0.322. The Labute approximate surface area is 113 Å². The fourth-order valence-electron chi connectivity index (χ4n) is 2.37. The van der Waals surface area contributed by atoms with Gasteiger partial charge in [0.05, 0.1) is 0 Å². The zero-order valence-corrected chi connectivity index (χ0v) is 11.8. The molecular weight excluding hydrogens is 238 g/mol. The van der Waals surface area contributed by atoms with E-state index in [2.05, 4.69) is 44.2 Å². The Hall–Kier alpha value is -1.12. The summed E-state index contributed by atoms with van der Waals surface area (Å²) in [5.74, 6) is 0. The summed E-state index contributed by atoms with van der Waals surface area (Å²) in [7, 11) is 0. The molecule has 0 unspecified atom stereocenters. The van der Waals surface area contributed by atoms with Crippen molar-refractivity contribution >= 4 is 11.3 Å². The van der Waals surface area contributed by atoms with Crippen LogP contribution >= 0.6 is 11.3 Å². The second-order valence-electron chi connectivity index (χ2n) is 5.45. The van der Waals surface area contributed by atoms with Gasteiger partial charge >= 0.3 is 0 Å². The van der Waals surface area contributed by atoms with E-state index in [-0.39, 0.29) is 0 Å². The molecule has 0 aliphatic heterocycles. The van der Waals surface area contributed by atoms with Gasteiger partial charge in [0.15, 0.2) is 0 Å². The summed E-state index contributed by atoms with van der Waals surface area (Å²) in [6.07, 6.45) is 2.52. The van der Waals surface area contributed by atoms with Crippen molar-refractivity contribution in [1.82, 2.24) is 0 Å². The lowest BCUT2D eigenvalue weighted by Crippen LogP contribution is -2.18. The van der Waals surface area contributed by atoms with Gasteiger partial charge in [-0.3, -0.25) is 0 Å². The molecule has 0 radical (unpaired) electrons. The first-order chi connectivity index (χ1) is 8.64. The van der Waals surface area contributed by atoms with E-state index in [4.69, 9.17) is 5.73 Å². The Morgan fingerprint density at radius 2 is 1.89 bits per heavy atom. The fraction of sp³-hybridized carbons (Fsp3) is 0.375. The van der Waals surface area contributed by atoms with E-state index in [0.29, 0.717) is 5.41 Å². The predicted molar refractivity (Wildman–Crippen MR) is 79.2 cm³/mol. The summed E-state index contributed by atoms with van der Waals surface area (Å²) >= 11 is 1.91. The predicted octanol–water partition coefficient (Wildman–Crippen LogP) is 4.02. The highest BCUT2D eigenvalue weighted by molar-refractivity contribution is 7.15. The molecule has 2 aromatic rings. The average molecular weight is 257 g/mol. The topological polar surface area (TPSA) is 26.0 Å². The number of benzene rings is 1. The summed E-state index contributed by atoms with van der Waals surface area (Å²) in [6, 6.07) is 11.2. The van der Waals surface area contributed by atoms with Crippen LogP contribution in [0.25, 0.3) is 10.4 Å². The van der Waals surface area contributed by atoms with Gasteiger partial charge < -0.3 is 5.73 Å². The summed E-state index contributed by atoms with van der Waals surface area (Å²) in [4.78, 5) is 2.84. The van der Waals surface area contributed by atoms with Crippen LogP contribution in [-0.2, 0) is 5.41 Å². The fourth-order valence-corrected chi connectivity index (χ4v) is 3.63. The van der Waals surface area contributed by atoms with E-state index in [0.717, 1.165) is 6.54 Å². The maximum atomic E-state index is 5.90. The minimum absolute atomic E-state index is 0.322. The van der Waals surface area contributed by atoms with Crippen molar-refractivity contribution < 1.29 is 0 Å².